The Balaban J connectivity index is 2.46. The molecule has 0 aliphatic carbocycles. The Morgan fingerprint density at radius 1 is 1.27 bits per heavy atom. The second-order valence-electron chi connectivity index (χ2n) is 2.15. The summed E-state index contributed by atoms with van der Waals surface area (Å²) in [6, 6.07) is 10.5. The van der Waals surface area contributed by atoms with Crippen molar-refractivity contribution >= 4 is 0 Å². The van der Waals surface area contributed by atoms with Crippen LogP contribution in [0.2, 0.25) is 0 Å². The van der Waals surface area contributed by atoms with E-state index in [1.807, 2.05) is 24.3 Å². The molecule has 0 spiro atoms. The quantitative estimate of drug-likeness (QED) is 0.612. The summed E-state index contributed by atoms with van der Waals surface area (Å²) >= 11 is 0. The number of hydrogen-bond acceptors (Lipinski definition) is 2. The van der Waals surface area contributed by atoms with Gasteiger partial charge in [-0.2, -0.15) is 0 Å². The Morgan fingerprint density at radius 3 is 2.73 bits per heavy atom. The Bertz CT molecular complexity index is 313. The van der Waals surface area contributed by atoms with Gasteiger partial charge in [-0.05, 0) is 6.07 Å². The zero-order chi connectivity index (χ0) is 7.52. The first-order valence-corrected chi connectivity index (χ1v) is 3.32. The average Bonchev–Trinajstić information content (AvgIpc) is 2.58. The molecule has 1 aromatic carbocycles. The summed E-state index contributed by atoms with van der Waals surface area (Å²) in [5, 5.41) is 0. The molecule has 2 heteroatoms. The van der Waals surface area contributed by atoms with Crippen molar-refractivity contribution in [2.75, 3.05) is 0 Å². The maximum Gasteiger partial charge on any atom is 0.181 e. The van der Waals surface area contributed by atoms with E-state index in [9.17, 15) is 0 Å². The van der Waals surface area contributed by atoms with E-state index in [0.29, 0.717) is 0 Å². The summed E-state index contributed by atoms with van der Waals surface area (Å²) < 4.78 is 5.09. The van der Waals surface area contributed by atoms with Crippen LogP contribution in [0.15, 0.2) is 41.3 Å². The molecule has 53 valence electrons. The average molecular weight is 144 g/mol. The Kier molecular flexibility index (Phi) is 1.44. The maximum atomic E-state index is 5.09. The molecule has 1 radical (unpaired) electrons. The van der Waals surface area contributed by atoms with Gasteiger partial charge < -0.3 is 4.42 Å². The highest BCUT2D eigenvalue weighted by atomic mass is 16.3. The van der Waals surface area contributed by atoms with Gasteiger partial charge in [0.25, 0.3) is 0 Å². The van der Waals surface area contributed by atoms with Gasteiger partial charge in [-0.3, -0.25) is 0 Å². The third-order valence-electron chi connectivity index (χ3n) is 1.44. The van der Waals surface area contributed by atoms with Gasteiger partial charge in [0.2, 0.25) is 0 Å². The lowest BCUT2D eigenvalue weighted by Crippen LogP contribution is -1.69. The van der Waals surface area contributed by atoms with Crippen LogP contribution in [0, 0.1) is 6.07 Å². The van der Waals surface area contributed by atoms with Gasteiger partial charge >= 0.3 is 0 Å². The van der Waals surface area contributed by atoms with Crippen molar-refractivity contribution in [3.63, 3.8) is 0 Å². The number of benzene rings is 1. The largest absolute Gasteiger partial charge is 0.444 e. The fourth-order valence-electron chi connectivity index (χ4n) is 0.910. The maximum absolute atomic E-state index is 5.09. The van der Waals surface area contributed by atoms with Crippen molar-refractivity contribution in [1.29, 1.82) is 0 Å². The van der Waals surface area contributed by atoms with E-state index in [1.165, 1.54) is 6.39 Å². The molecule has 2 nitrogen and oxygen atoms in total. The van der Waals surface area contributed by atoms with E-state index >= 15 is 0 Å². The first kappa shape index (κ1) is 6.16. The zero-order valence-corrected chi connectivity index (χ0v) is 5.82. The van der Waals surface area contributed by atoms with E-state index in [-0.39, 0.29) is 0 Å². The summed E-state index contributed by atoms with van der Waals surface area (Å²) in [6.45, 7) is 0. The van der Waals surface area contributed by atoms with Crippen LogP contribution in [0.25, 0.3) is 11.3 Å². The summed E-state index contributed by atoms with van der Waals surface area (Å²) in [6.07, 6.45) is 3.11. The molecule has 0 atom stereocenters. The smallest absolute Gasteiger partial charge is 0.181 e. The molecular weight excluding hydrogens is 138 g/mol. The van der Waals surface area contributed by atoms with Crippen LogP contribution in [-0.2, 0) is 0 Å². The highest BCUT2D eigenvalue weighted by molar-refractivity contribution is 5.55. The van der Waals surface area contributed by atoms with Crippen molar-refractivity contribution in [1.82, 2.24) is 4.98 Å². The molecule has 1 heterocycles. The Hall–Kier alpha value is -1.57. The fourth-order valence-corrected chi connectivity index (χ4v) is 0.910. The van der Waals surface area contributed by atoms with Crippen LogP contribution in [-0.4, -0.2) is 4.98 Å². The summed E-state index contributed by atoms with van der Waals surface area (Å²) in [4.78, 5) is 3.82. The lowest BCUT2D eigenvalue weighted by Gasteiger charge is -1.91. The summed E-state index contributed by atoms with van der Waals surface area (Å²) in [5.41, 5.74) is 1.03. The van der Waals surface area contributed by atoms with Crippen molar-refractivity contribution in [2.45, 2.75) is 0 Å². The first-order valence-electron chi connectivity index (χ1n) is 3.32. The van der Waals surface area contributed by atoms with Gasteiger partial charge in [-0.1, -0.05) is 24.3 Å². The minimum Gasteiger partial charge on any atom is -0.444 e. The van der Waals surface area contributed by atoms with Gasteiger partial charge in [0, 0.05) is 5.56 Å². The molecule has 0 aliphatic rings. The first-order chi connectivity index (χ1) is 5.47. The van der Waals surface area contributed by atoms with Gasteiger partial charge in [0.15, 0.2) is 12.2 Å². The molecule has 1 aromatic heterocycles. The minimum atomic E-state index is 0.791. The second kappa shape index (κ2) is 2.58. The Labute approximate surface area is 64.5 Å². The predicted molar refractivity (Wildman–Crippen MR) is 40.8 cm³/mol. The molecule has 0 aliphatic heterocycles. The van der Waals surface area contributed by atoms with Gasteiger partial charge in [-0.15, -0.1) is 0 Å². The summed E-state index contributed by atoms with van der Waals surface area (Å²) in [5.74, 6) is 0.791. The molecule has 0 saturated carbocycles. The normalized spacial score (nSPS) is 9.82. The van der Waals surface area contributed by atoms with Crippen LogP contribution in [0.3, 0.4) is 0 Å². The molecule has 0 amide bonds. The monoisotopic (exact) mass is 144 g/mol. The topological polar surface area (TPSA) is 26.0 Å². The molecule has 0 saturated heterocycles. The molecule has 0 N–H and O–H groups in total. The van der Waals surface area contributed by atoms with Crippen LogP contribution in [0.5, 0.6) is 0 Å². The van der Waals surface area contributed by atoms with E-state index in [0.717, 1.165) is 11.3 Å². The molecule has 2 aromatic rings. The standard InChI is InChI=1S/C9H6NO/c1-2-4-8(5-3-1)9-6-10-7-11-9/h2-7H. The molecule has 0 fully saturated rings. The van der Waals surface area contributed by atoms with Crippen LogP contribution in [0.4, 0.5) is 0 Å². The second-order valence-corrected chi connectivity index (χ2v) is 2.15. The third kappa shape index (κ3) is 1.15. The van der Waals surface area contributed by atoms with Crippen molar-refractivity contribution < 1.29 is 4.42 Å². The molecular formula is C9H6NO. The minimum absolute atomic E-state index is 0.791. The lowest BCUT2D eigenvalue weighted by molar-refractivity contribution is 0.572. The summed E-state index contributed by atoms with van der Waals surface area (Å²) in [7, 11) is 0. The SMILES string of the molecule is [c]1ccc(-c2cnco2)cc1. The lowest BCUT2D eigenvalue weighted by atomic mass is 10.2. The zero-order valence-electron chi connectivity index (χ0n) is 5.82. The number of aromatic nitrogens is 1. The van der Waals surface area contributed by atoms with Gasteiger partial charge in [0.1, 0.15) is 0 Å². The van der Waals surface area contributed by atoms with Gasteiger partial charge in [0.05, 0.1) is 6.20 Å². The molecule has 0 unspecified atom stereocenters. The van der Waals surface area contributed by atoms with E-state index < -0.39 is 0 Å². The highest BCUT2D eigenvalue weighted by Crippen LogP contribution is 2.16. The third-order valence-corrected chi connectivity index (χ3v) is 1.44. The van der Waals surface area contributed by atoms with Crippen molar-refractivity contribution in [3.05, 3.63) is 42.9 Å². The number of oxazole rings is 1. The molecule has 0 bridgehead atoms. The van der Waals surface area contributed by atoms with E-state index in [1.54, 1.807) is 6.20 Å². The highest BCUT2D eigenvalue weighted by Gasteiger charge is 1.97. The van der Waals surface area contributed by atoms with Crippen LogP contribution < -0.4 is 0 Å². The van der Waals surface area contributed by atoms with Crippen molar-refractivity contribution in [2.24, 2.45) is 0 Å². The fraction of sp³-hybridized carbons (Fsp3) is 0. The predicted octanol–water partition coefficient (Wildman–Crippen LogP) is 2.14. The van der Waals surface area contributed by atoms with E-state index in [4.69, 9.17) is 4.42 Å². The van der Waals surface area contributed by atoms with Crippen molar-refractivity contribution in [3.8, 4) is 11.3 Å². The van der Waals surface area contributed by atoms with Crippen LogP contribution in [0.1, 0.15) is 0 Å². The Morgan fingerprint density at radius 2 is 2.09 bits per heavy atom. The number of hydrogen-bond donors (Lipinski definition) is 0. The van der Waals surface area contributed by atoms with Crippen LogP contribution >= 0.6 is 0 Å². The molecule has 2 rings (SSSR count). The van der Waals surface area contributed by atoms with E-state index in [2.05, 4.69) is 11.1 Å². The molecule has 11 heavy (non-hydrogen) atoms. The van der Waals surface area contributed by atoms with Gasteiger partial charge in [-0.25, -0.2) is 4.98 Å². The number of nitrogens with zero attached hydrogens (tertiary/aromatic N) is 1. The number of rotatable bonds is 1.